The summed E-state index contributed by atoms with van der Waals surface area (Å²) in [6, 6.07) is 20.7. The highest BCUT2D eigenvalue weighted by atomic mass is 16.6. The van der Waals surface area contributed by atoms with Gasteiger partial charge in [-0.3, -0.25) is 0 Å². The lowest BCUT2D eigenvalue weighted by molar-refractivity contribution is 0.0897. The van der Waals surface area contributed by atoms with Crippen LogP contribution in [0.2, 0.25) is 0 Å². The summed E-state index contributed by atoms with van der Waals surface area (Å²) >= 11 is 0. The number of carbonyl (C=O) groups is 1. The van der Waals surface area contributed by atoms with Crippen molar-refractivity contribution in [2.45, 2.75) is 12.5 Å². The molecule has 0 fully saturated rings. The number of hydrogen-bond donors (Lipinski definition) is 1. The third-order valence-corrected chi connectivity index (χ3v) is 6.90. The molecule has 1 heterocycles. The van der Waals surface area contributed by atoms with Gasteiger partial charge in [0.1, 0.15) is 12.7 Å². The van der Waals surface area contributed by atoms with Gasteiger partial charge < -0.3 is 24.8 Å². The number of para-hydroxylation sites is 1. The Balaban J connectivity index is 1.80. The topological polar surface area (TPSA) is 145 Å². The lowest BCUT2D eigenvalue weighted by Gasteiger charge is -2.45. The fourth-order valence-corrected chi connectivity index (χ4v) is 5.14. The van der Waals surface area contributed by atoms with Crippen molar-refractivity contribution in [1.29, 1.82) is 15.8 Å². The van der Waals surface area contributed by atoms with Crippen molar-refractivity contribution < 1.29 is 19.0 Å². The minimum Gasteiger partial charge on any atom is -0.493 e. The molecule has 2 aliphatic rings. The monoisotopic (exact) mass is 495 g/mol. The third-order valence-electron chi connectivity index (χ3n) is 6.90. The molecule has 0 bridgehead atoms. The van der Waals surface area contributed by atoms with Crippen LogP contribution in [0.3, 0.4) is 0 Å². The molecule has 1 aliphatic heterocycles. The second kappa shape index (κ2) is 10.4. The number of fused-ring (bicyclic) bond motifs is 1. The fourth-order valence-electron chi connectivity index (χ4n) is 5.14. The molecule has 1 aliphatic carbocycles. The standard InChI is InChI=1S/C28H25N5O4/c1-35-23-10-6-9-20(25(23)36-2)24-22-14-33(27(34)37-15-18-7-4-3-5-8-18)12-11-19(22)21(13-29)26(32)28(24,16-30)17-31/h3-11,22,24H,12,14-15,32H2,1-2H3. The van der Waals surface area contributed by atoms with Gasteiger partial charge in [-0.05, 0) is 17.2 Å². The fraction of sp³-hybridized carbons (Fsp3) is 0.286. The van der Waals surface area contributed by atoms with E-state index in [1.54, 1.807) is 24.3 Å². The average molecular weight is 496 g/mol. The lowest BCUT2D eigenvalue weighted by Crippen LogP contribution is -2.49. The number of allylic oxidation sites excluding steroid dienone is 2. The molecule has 2 N–H and O–H groups in total. The van der Waals surface area contributed by atoms with E-state index >= 15 is 0 Å². The second-order valence-electron chi connectivity index (χ2n) is 8.70. The van der Waals surface area contributed by atoms with Gasteiger partial charge in [0.15, 0.2) is 16.9 Å². The Hall–Kier alpha value is -4.94. The van der Waals surface area contributed by atoms with E-state index < -0.39 is 23.3 Å². The Morgan fingerprint density at radius 2 is 1.81 bits per heavy atom. The van der Waals surface area contributed by atoms with Gasteiger partial charge in [0.05, 0.1) is 37.6 Å². The Bertz CT molecular complexity index is 1380. The SMILES string of the molecule is COc1cccc(C2C3CN(C(=O)OCc4ccccc4)CC=C3C(C#N)=C(N)C2(C#N)C#N)c1OC. The second-order valence-corrected chi connectivity index (χ2v) is 8.70. The molecule has 186 valence electrons. The van der Waals surface area contributed by atoms with Crippen molar-refractivity contribution >= 4 is 6.09 Å². The van der Waals surface area contributed by atoms with Crippen molar-refractivity contribution in [3.63, 3.8) is 0 Å². The normalized spacial score (nSPS) is 19.9. The van der Waals surface area contributed by atoms with Crippen LogP contribution in [0, 0.1) is 45.3 Å². The Labute approximate surface area is 215 Å². The van der Waals surface area contributed by atoms with Crippen LogP contribution in [0.5, 0.6) is 11.5 Å². The number of hydrogen-bond acceptors (Lipinski definition) is 8. The highest BCUT2D eigenvalue weighted by Crippen LogP contribution is 2.56. The predicted molar refractivity (Wildman–Crippen MR) is 133 cm³/mol. The van der Waals surface area contributed by atoms with Crippen LogP contribution in [0.15, 0.2) is 71.5 Å². The smallest absolute Gasteiger partial charge is 0.410 e. The van der Waals surface area contributed by atoms with Gasteiger partial charge in [-0.25, -0.2) is 4.79 Å². The highest BCUT2D eigenvalue weighted by molar-refractivity contribution is 5.70. The minimum absolute atomic E-state index is 0.0866. The van der Waals surface area contributed by atoms with Crippen LogP contribution in [-0.2, 0) is 11.3 Å². The number of ether oxygens (including phenoxy) is 3. The summed E-state index contributed by atoms with van der Waals surface area (Å²) in [5, 5.41) is 30.6. The van der Waals surface area contributed by atoms with E-state index in [-0.39, 0.29) is 31.0 Å². The quantitative estimate of drug-likeness (QED) is 0.660. The Morgan fingerprint density at radius 1 is 1.08 bits per heavy atom. The summed E-state index contributed by atoms with van der Waals surface area (Å²) in [4.78, 5) is 14.5. The number of benzene rings is 2. The zero-order valence-corrected chi connectivity index (χ0v) is 20.5. The molecule has 2 aromatic rings. The van der Waals surface area contributed by atoms with Crippen LogP contribution in [0.25, 0.3) is 0 Å². The zero-order chi connectivity index (χ0) is 26.6. The molecule has 2 atom stereocenters. The van der Waals surface area contributed by atoms with E-state index in [2.05, 4.69) is 18.2 Å². The summed E-state index contributed by atoms with van der Waals surface area (Å²) in [5.41, 5.74) is 6.42. The van der Waals surface area contributed by atoms with Crippen LogP contribution in [0.4, 0.5) is 4.79 Å². The molecule has 0 saturated carbocycles. The lowest BCUT2D eigenvalue weighted by atomic mass is 9.58. The first-order valence-electron chi connectivity index (χ1n) is 11.6. The summed E-state index contributed by atoms with van der Waals surface area (Å²) < 4.78 is 16.6. The van der Waals surface area contributed by atoms with E-state index in [4.69, 9.17) is 19.9 Å². The number of rotatable bonds is 5. The molecule has 2 aromatic carbocycles. The first kappa shape index (κ1) is 25.2. The number of nitrogens with zero attached hydrogens (tertiary/aromatic N) is 4. The summed E-state index contributed by atoms with van der Waals surface area (Å²) in [6.07, 6.45) is 1.19. The molecule has 37 heavy (non-hydrogen) atoms. The molecule has 4 rings (SSSR count). The van der Waals surface area contributed by atoms with E-state index in [1.807, 2.05) is 30.3 Å². The van der Waals surface area contributed by atoms with Crippen molar-refractivity contribution in [1.82, 2.24) is 4.90 Å². The van der Waals surface area contributed by atoms with E-state index in [0.717, 1.165) is 5.56 Å². The maximum atomic E-state index is 13.0. The van der Waals surface area contributed by atoms with Gasteiger partial charge >= 0.3 is 6.09 Å². The van der Waals surface area contributed by atoms with Crippen molar-refractivity contribution in [2.24, 2.45) is 17.1 Å². The average Bonchev–Trinajstić information content (AvgIpc) is 2.95. The van der Waals surface area contributed by atoms with Crippen molar-refractivity contribution in [3.8, 4) is 29.7 Å². The van der Waals surface area contributed by atoms with Crippen LogP contribution in [0.1, 0.15) is 17.0 Å². The van der Waals surface area contributed by atoms with Crippen LogP contribution in [-0.4, -0.2) is 38.3 Å². The predicted octanol–water partition coefficient (Wildman–Crippen LogP) is 3.77. The highest BCUT2D eigenvalue weighted by Gasteiger charge is 2.55. The van der Waals surface area contributed by atoms with Gasteiger partial charge in [-0.15, -0.1) is 0 Å². The van der Waals surface area contributed by atoms with Gasteiger partial charge in [-0.1, -0.05) is 48.5 Å². The Kier molecular flexibility index (Phi) is 7.04. The molecule has 9 nitrogen and oxygen atoms in total. The molecule has 2 unspecified atom stereocenters. The number of methoxy groups -OCH3 is 2. The third kappa shape index (κ3) is 4.20. The molecule has 0 saturated heterocycles. The number of carbonyl (C=O) groups excluding carboxylic acids is 1. The molecular weight excluding hydrogens is 470 g/mol. The van der Waals surface area contributed by atoms with Crippen LogP contribution >= 0.6 is 0 Å². The molecule has 1 amide bonds. The molecule has 0 spiro atoms. The number of amides is 1. The first-order valence-corrected chi connectivity index (χ1v) is 11.6. The molecule has 0 radical (unpaired) electrons. The molecule has 9 heteroatoms. The number of nitrogens with two attached hydrogens (primary N) is 1. The summed E-state index contributed by atoms with van der Waals surface area (Å²) in [5.74, 6) is -0.707. The number of nitriles is 3. The van der Waals surface area contributed by atoms with Gasteiger partial charge in [-0.2, -0.15) is 15.8 Å². The zero-order valence-electron chi connectivity index (χ0n) is 20.5. The van der Waals surface area contributed by atoms with E-state index in [0.29, 0.717) is 22.6 Å². The van der Waals surface area contributed by atoms with Gasteiger partial charge in [0, 0.05) is 30.5 Å². The first-order chi connectivity index (χ1) is 17.9. The van der Waals surface area contributed by atoms with Gasteiger partial charge in [0.25, 0.3) is 0 Å². The van der Waals surface area contributed by atoms with E-state index in [9.17, 15) is 20.6 Å². The summed E-state index contributed by atoms with van der Waals surface area (Å²) in [7, 11) is 2.96. The van der Waals surface area contributed by atoms with Crippen molar-refractivity contribution in [2.75, 3.05) is 27.3 Å². The van der Waals surface area contributed by atoms with Gasteiger partial charge in [0.2, 0.25) is 0 Å². The van der Waals surface area contributed by atoms with Crippen molar-refractivity contribution in [3.05, 3.63) is 82.6 Å². The summed E-state index contributed by atoms with van der Waals surface area (Å²) in [6.45, 7) is 0.390. The largest absolute Gasteiger partial charge is 0.493 e. The Morgan fingerprint density at radius 3 is 2.43 bits per heavy atom. The van der Waals surface area contributed by atoms with E-state index in [1.165, 1.54) is 19.1 Å². The molecular formula is C28H25N5O4. The van der Waals surface area contributed by atoms with Crippen LogP contribution < -0.4 is 15.2 Å². The maximum absolute atomic E-state index is 13.0. The minimum atomic E-state index is -1.89. The maximum Gasteiger partial charge on any atom is 0.410 e. The molecule has 0 aromatic heterocycles.